The standard InChI is InChI=1S/C17H27N3O3/c1-13(21)18-7-9-19(10-8-18)17(23)14-11-16(22)20(12-14)15-5-3-2-4-6-15/h14-15H,2-12H2,1H3. The first kappa shape index (κ1) is 16.3. The molecule has 2 heterocycles. The Morgan fingerprint density at radius 1 is 0.957 bits per heavy atom. The second-order valence-electron chi connectivity index (χ2n) is 7.07. The van der Waals surface area contributed by atoms with Crippen molar-refractivity contribution in [1.82, 2.24) is 14.7 Å². The molecule has 0 bridgehead atoms. The third kappa shape index (κ3) is 3.51. The van der Waals surface area contributed by atoms with Crippen LogP contribution in [0.5, 0.6) is 0 Å². The first-order valence-electron chi connectivity index (χ1n) is 8.90. The van der Waals surface area contributed by atoms with Crippen LogP contribution in [0.2, 0.25) is 0 Å². The smallest absolute Gasteiger partial charge is 0.228 e. The molecule has 1 unspecified atom stereocenters. The Morgan fingerprint density at radius 3 is 2.17 bits per heavy atom. The summed E-state index contributed by atoms with van der Waals surface area (Å²) >= 11 is 0. The van der Waals surface area contributed by atoms with E-state index in [0.29, 0.717) is 45.2 Å². The van der Waals surface area contributed by atoms with Gasteiger partial charge in [-0.25, -0.2) is 0 Å². The molecule has 6 nitrogen and oxygen atoms in total. The van der Waals surface area contributed by atoms with Gasteiger partial charge >= 0.3 is 0 Å². The van der Waals surface area contributed by atoms with Gasteiger partial charge in [0.2, 0.25) is 17.7 Å². The van der Waals surface area contributed by atoms with Crippen LogP contribution in [-0.4, -0.2) is 71.2 Å². The monoisotopic (exact) mass is 321 g/mol. The third-order valence-corrected chi connectivity index (χ3v) is 5.56. The number of hydrogen-bond donors (Lipinski definition) is 0. The summed E-state index contributed by atoms with van der Waals surface area (Å²) in [4.78, 5) is 41.9. The van der Waals surface area contributed by atoms with E-state index < -0.39 is 0 Å². The van der Waals surface area contributed by atoms with Gasteiger partial charge in [-0.3, -0.25) is 14.4 Å². The lowest BCUT2D eigenvalue weighted by Gasteiger charge is -2.35. The van der Waals surface area contributed by atoms with Crippen molar-refractivity contribution in [2.24, 2.45) is 5.92 Å². The lowest BCUT2D eigenvalue weighted by molar-refractivity contribution is -0.141. The predicted molar refractivity (Wildman–Crippen MR) is 85.5 cm³/mol. The van der Waals surface area contributed by atoms with Gasteiger partial charge in [-0.05, 0) is 12.8 Å². The summed E-state index contributed by atoms with van der Waals surface area (Å²) in [6, 6.07) is 0.351. The van der Waals surface area contributed by atoms with Crippen molar-refractivity contribution in [3.8, 4) is 0 Å². The molecule has 23 heavy (non-hydrogen) atoms. The summed E-state index contributed by atoms with van der Waals surface area (Å²) in [5, 5.41) is 0. The van der Waals surface area contributed by atoms with Crippen LogP contribution in [0.1, 0.15) is 45.4 Å². The zero-order valence-corrected chi connectivity index (χ0v) is 14.0. The van der Waals surface area contributed by atoms with E-state index in [2.05, 4.69) is 0 Å². The minimum Gasteiger partial charge on any atom is -0.339 e. The van der Waals surface area contributed by atoms with Crippen LogP contribution in [0.15, 0.2) is 0 Å². The van der Waals surface area contributed by atoms with Crippen LogP contribution in [0.3, 0.4) is 0 Å². The molecule has 2 aliphatic heterocycles. The van der Waals surface area contributed by atoms with Crippen molar-refractivity contribution in [2.45, 2.75) is 51.5 Å². The zero-order valence-electron chi connectivity index (χ0n) is 14.0. The second kappa shape index (κ2) is 6.89. The predicted octanol–water partition coefficient (Wildman–Crippen LogP) is 0.858. The van der Waals surface area contributed by atoms with Crippen molar-refractivity contribution >= 4 is 17.7 Å². The Bertz CT molecular complexity index is 479. The largest absolute Gasteiger partial charge is 0.339 e. The summed E-state index contributed by atoms with van der Waals surface area (Å²) in [6.45, 7) is 4.55. The van der Waals surface area contributed by atoms with Crippen LogP contribution in [-0.2, 0) is 14.4 Å². The third-order valence-electron chi connectivity index (χ3n) is 5.56. The van der Waals surface area contributed by atoms with E-state index in [1.165, 1.54) is 19.3 Å². The number of rotatable bonds is 2. The average molecular weight is 321 g/mol. The van der Waals surface area contributed by atoms with Crippen LogP contribution in [0.25, 0.3) is 0 Å². The molecule has 0 N–H and O–H groups in total. The van der Waals surface area contributed by atoms with E-state index in [1.807, 2.05) is 9.80 Å². The average Bonchev–Trinajstić information content (AvgIpc) is 2.97. The van der Waals surface area contributed by atoms with Gasteiger partial charge in [0.15, 0.2) is 0 Å². The van der Waals surface area contributed by atoms with Gasteiger partial charge in [-0.1, -0.05) is 19.3 Å². The van der Waals surface area contributed by atoms with Gasteiger partial charge in [-0.2, -0.15) is 0 Å². The first-order valence-corrected chi connectivity index (χ1v) is 8.90. The van der Waals surface area contributed by atoms with Gasteiger partial charge in [-0.15, -0.1) is 0 Å². The molecule has 1 saturated carbocycles. The summed E-state index contributed by atoms with van der Waals surface area (Å²) in [5.74, 6) is 0.127. The minimum absolute atomic E-state index is 0.0663. The molecule has 1 atom stereocenters. The van der Waals surface area contributed by atoms with E-state index >= 15 is 0 Å². The normalized spacial score (nSPS) is 26.7. The van der Waals surface area contributed by atoms with Crippen molar-refractivity contribution in [1.29, 1.82) is 0 Å². The van der Waals surface area contributed by atoms with Crippen molar-refractivity contribution in [3.05, 3.63) is 0 Å². The molecule has 3 amide bonds. The highest BCUT2D eigenvalue weighted by Crippen LogP contribution is 2.29. The first-order chi connectivity index (χ1) is 11.1. The fourth-order valence-corrected chi connectivity index (χ4v) is 4.14. The van der Waals surface area contributed by atoms with Crippen molar-refractivity contribution < 1.29 is 14.4 Å². The number of likely N-dealkylation sites (tertiary alicyclic amines) is 1. The van der Waals surface area contributed by atoms with Crippen LogP contribution >= 0.6 is 0 Å². The molecule has 6 heteroatoms. The quantitative estimate of drug-likeness (QED) is 0.758. The number of carbonyl (C=O) groups excluding carboxylic acids is 3. The Labute approximate surface area is 137 Å². The highest BCUT2D eigenvalue weighted by molar-refractivity contribution is 5.89. The van der Waals surface area contributed by atoms with E-state index in [4.69, 9.17) is 0 Å². The maximum absolute atomic E-state index is 12.7. The molecule has 3 aliphatic rings. The topological polar surface area (TPSA) is 60.9 Å². The van der Waals surface area contributed by atoms with E-state index in [0.717, 1.165) is 12.8 Å². The van der Waals surface area contributed by atoms with E-state index in [1.54, 1.807) is 11.8 Å². The molecule has 128 valence electrons. The van der Waals surface area contributed by atoms with Gasteiger partial charge in [0.1, 0.15) is 0 Å². The van der Waals surface area contributed by atoms with Gasteiger partial charge in [0.25, 0.3) is 0 Å². The fourth-order valence-electron chi connectivity index (χ4n) is 4.14. The molecular weight excluding hydrogens is 294 g/mol. The molecule has 0 spiro atoms. The van der Waals surface area contributed by atoms with Crippen LogP contribution in [0, 0.1) is 5.92 Å². The summed E-state index contributed by atoms with van der Waals surface area (Å²) in [5.41, 5.74) is 0. The van der Waals surface area contributed by atoms with Gasteiger partial charge in [0.05, 0.1) is 5.92 Å². The fraction of sp³-hybridized carbons (Fsp3) is 0.824. The maximum Gasteiger partial charge on any atom is 0.228 e. The Kier molecular flexibility index (Phi) is 4.87. The van der Waals surface area contributed by atoms with Gasteiger partial charge < -0.3 is 14.7 Å². The van der Waals surface area contributed by atoms with Crippen molar-refractivity contribution in [3.63, 3.8) is 0 Å². The number of carbonyl (C=O) groups is 3. The summed E-state index contributed by atoms with van der Waals surface area (Å²) in [6.07, 6.45) is 6.19. The molecule has 0 aromatic rings. The number of piperazine rings is 1. The maximum atomic E-state index is 12.7. The molecule has 2 saturated heterocycles. The molecule has 3 fully saturated rings. The van der Waals surface area contributed by atoms with E-state index in [9.17, 15) is 14.4 Å². The van der Waals surface area contributed by atoms with Crippen LogP contribution < -0.4 is 0 Å². The summed E-state index contributed by atoms with van der Waals surface area (Å²) in [7, 11) is 0. The lowest BCUT2D eigenvalue weighted by atomic mass is 9.94. The lowest BCUT2D eigenvalue weighted by Crippen LogP contribution is -2.51. The molecular formula is C17H27N3O3. The van der Waals surface area contributed by atoms with E-state index in [-0.39, 0.29) is 23.6 Å². The van der Waals surface area contributed by atoms with Gasteiger partial charge in [0, 0.05) is 52.1 Å². The van der Waals surface area contributed by atoms with Crippen molar-refractivity contribution in [2.75, 3.05) is 32.7 Å². The number of nitrogens with zero attached hydrogens (tertiary/aromatic N) is 3. The summed E-state index contributed by atoms with van der Waals surface area (Å²) < 4.78 is 0. The molecule has 3 rings (SSSR count). The molecule has 0 aromatic heterocycles. The molecule has 0 aromatic carbocycles. The van der Waals surface area contributed by atoms with Crippen LogP contribution in [0.4, 0.5) is 0 Å². The zero-order chi connectivity index (χ0) is 16.4. The Hall–Kier alpha value is -1.59. The number of hydrogen-bond acceptors (Lipinski definition) is 3. The Balaban J connectivity index is 1.54. The molecule has 1 aliphatic carbocycles. The second-order valence-corrected chi connectivity index (χ2v) is 7.07. The minimum atomic E-state index is -0.187. The highest BCUT2D eigenvalue weighted by Gasteiger charge is 2.40. The molecule has 0 radical (unpaired) electrons. The number of amides is 3. The highest BCUT2D eigenvalue weighted by atomic mass is 16.2. The Morgan fingerprint density at radius 2 is 1.57 bits per heavy atom. The SMILES string of the molecule is CC(=O)N1CCN(C(=O)C2CC(=O)N(C3CCCCC3)C2)CC1.